The first-order valence-electron chi connectivity index (χ1n) is 19.6. The maximum absolute atomic E-state index is 13.4. The molecule has 58 heavy (non-hydrogen) atoms. The topological polar surface area (TPSA) is 94.2 Å². The molecule has 9 nitrogen and oxygen atoms in total. The Balaban J connectivity index is 0.927. The van der Waals surface area contributed by atoms with Gasteiger partial charge in [0, 0.05) is 86.0 Å². The summed E-state index contributed by atoms with van der Waals surface area (Å²) in [4.78, 5) is 21.6. The Morgan fingerprint density at radius 3 is 2.24 bits per heavy atom. The maximum atomic E-state index is 13.4. The maximum Gasteiger partial charge on any atom is 0.264 e. The molecule has 2 N–H and O–H groups in total. The molecule has 2 fully saturated rings. The number of ether oxygens (including phenoxy) is 1. The van der Waals surface area contributed by atoms with Gasteiger partial charge in [-0.15, -0.1) is 11.8 Å². The van der Waals surface area contributed by atoms with Crippen molar-refractivity contribution in [2.75, 3.05) is 75.0 Å². The first kappa shape index (κ1) is 42.1. The number of nitrogens with zero attached hydrogens (tertiary/aromatic N) is 3. The third kappa shape index (κ3) is 11.1. The summed E-state index contributed by atoms with van der Waals surface area (Å²) in [5.74, 6) is 0.189. The fourth-order valence-electron chi connectivity index (χ4n) is 7.33. The van der Waals surface area contributed by atoms with Crippen molar-refractivity contribution in [3.8, 4) is 11.1 Å². The van der Waals surface area contributed by atoms with E-state index in [1.807, 2.05) is 61.5 Å². The fourth-order valence-corrected chi connectivity index (χ4v) is 9.68. The van der Waals surface area contributed by atoms with E-state index in [4.69, 9.17) is 27.9 Å². The number of aryl methyl sites for hydroxylation is 1. The van der Waals surface area contributed by atoms with Crippen molar-refractivity contribution in [1.29, 1.82) is 0 Å². The standard InChI is InChI=1S/C45H49Cl2N5O4S2/c1-33-29-40(16-18-44(33)48-37(19-20-50-25-27-56-28-26-50)32-57-39-8-3-2-4-9-39)58(54,55)49-45(53)34-11-14-38(15-12-34)52-23-21-51(22-24-52)31-36-7-5-6-10-41(36)35-13-17-42(46)43(47)30-35/h2-18,29-30,37,48H,19-28,31-32H2,1H3,(H,49,53)/t37-/m1/s1. The number of thioether (sulfide) groups is 1. The smallest absolute Gasteiger partial charge is 0.264 e. The predicted octanol–water partition coefficient (Wildman–Crippen LogP) is 8.70. The second kappa shape index (κ2) is 19.8. The average Bonchev–Trinajstić information content (AvgIpc) is 3.24. The average molecular weight is 859 g/mol. The number of halogens is 2. The van der Waals surface area contributed by atoms with Crippen LogP contribution in [0.3, 0.4) is 0 Å². The van der Waals surface area contributed by atoms with Crippen LogP contribution in [0.25, 0.3) is 11.1 Å². The minimum Gasteiger partial charge on any atom is -0.381 e. The van der Waals surface area contributed by atoms with E-state index in [1.165, 1.54) is 10.5 Å². The summed E-state index contributed by atoms with van der Waals surface area (Å²) in [6.45, 7) is 10.4. The molecule has 0 aromatic heterocycles. The van der Waals surface area contributed by atoms with Crippen molar-refractivity contribution in [2.24, 2.45) is 0 Å². The van der Waals surface area contributed by atoms with E-state index >= 15 is 0 Å². The highest BCUT2D eigenvalue weighted by Gasteiger charge is 2.23. The van der Waals surface area contributed by atoms with Gasteiger partial charge in [0.25, 0.3) is 15.9 Å². The third-order valence-electron chi connectivity index (χ3n) is 10.7. The monoisotopic (exact) mass is 857 g/mol. The molecule has 0 unspecified atom stereocenters. The summed E-state index contributed by atoms with van der Waals surface area (Å²) in [5.41, 5.74) is 6.32. The van der Waals surface area contributed by atoms with Gasteiger partial charge >= 0.3 is 0 Å². The number of hydrogen-bond donors (Lipinski definition) is 2. The van der Waals surface area contributed by atoms with Crippen molar-refractivity contribution in [1.82, 2.24) is 14.5 Å². The summed E-state index contributed by atoms with van der Waals surface area (Å²) in [6, 6.07) is 36.7. The Hall–Kier alpha value is -4.07. The van der Waals surface area contributed by atoms with Gasteiger partial charge in [0.1, 0.15) is 0 Å². The molecule has 2 aliphatic rings. The van der Waals surface area contributed by atoms with E-state index in [2.05, 4.69) is 55.1 Å². The molecule has 2 aliphatic heterocycles. The molecule has 5 aromatic rings. The molecule has 13 heteroatoms. The normalized spacial score (nSPS) is 15.9. The van der Waals surface area contributed by atoms with Crippen LogP contribution in [-0.4, -0.2) is 94.9 Å². The Kier molecular flexibility index (Phi) is 14.4. The van der Waals surface area contributed by atoms with Gasteiger partial charge in [0.15, 0.2) is 0 Å². The van der Waals surface area contributed by atoms with Gasteiger partial charge in [-0.05, 0) is 102 Å². The fraction of sp³-hybridized carbons (Fsp3) is 0.311. The molecular formula is C45H49Cl2N5O4S2. The van der Waals surface area contributed by atoms with Crippen LogP contribution in [-0.2, 0) is 21.3 Å². The number of carbonyl (C=O) groups is 1. The number of sulfonamides is 1. The summed E-state index contributed by atoms with van der Waals surface area (Å²) >= 11 is 14.3. The van der Waals surface area contributed by atoms with Crippen LogP contribution in [0.5, 0.6) is 0 Å². The Labute approximate surface area is 356 Å². The largest absolute Gasteiger partial charge is 0.381 e. The van der Waals surface area contributed by atoms with E-state index in [-0.39, 0.29) is 16.5 Å². The highest BCUT2D eigenvalue weighted by atomic mass is 35.5. The van der Waals surface area contributed by atoms with Gasteiger partial charge < -0.3 is 15.0 Å². The van der Waals surface area contributed by atoms with Crippen molar-refractivity contribution in [3.05, 3.63) is 142 Å². The zero-order valence-electron chi connectivity index (χ0n) is 32.6. The van der Waals surface area contributed by atoms with Crippen LogP contribution in [0.4, 0.5) is 11.4 Å². The third-order valence-corrected chi connectivity index (χ3v) is 13.9. The summed E-state index contributed by atoms with van der Waals surface area (Å²) in [6.07, 6.45) is 0.932. The van der Waals surface area contributed by atoms with Crippen LogP contribution in [0.2, 0.25) is 10.0 Å². The lowest BCUT2D eigenvalue weighted by atomic mass is 9.99. The number of carbonyl (C=O) groups excluding carboxylic acids is 1. The number of benzene rings is 5. The van der Waals surface area contributed by atoms with Crippen molar-refractivity contribution >= 4 is 62.3 Å². The van der Waals surface area contributed by atoms with Gasteiger partial charge in [0.05, 0.1) is 28.2 Å². The molecule has 304 valence electrons. The molecular weight excluding hydrogens is 810 g/mol. The van der Waals surface area contributed by atoms with E-state index in [0.29, 0.717) is 10.0 Å². The molecule has 0 bridgehead atoms. The number of morpholine rings is 1. The van der Waals surface area contributed by atoms with Crippen molar-refractivity contribution < 1.29 is 17.9 Å². The lowest BCUT2D eigenvalue weighted by molar-refractivity contribution is 0.0370. The first-order valence-corrected chi connectivity index (χ1v) is 22.9. The molecule has 0 spiro atoms. The number of hydrogen-bond acceptors (Lipinski definition) is 9. The van der Waals surface area contributed by atoms with Gasteiger partial charge in [0.2, 0.25) is 0 Å². The lowest BCUT2D eigenvalue weighted by Crippen LogP contribution is -2.46. The van der Waals surface area contributed by atoms with Crippen molar-refractivity contribution in [3.63, 3.8) is 0 Å². The molecule has 7 rings (SSSR count). The van der Waals surface area contributed by atoms with Crippen LogP contribution >= 0.6 is 35.0 Å². The SMILES string of the molecule is Cc1cc(S(=O)(=O)NC(=O)c2ccc(N3CCN(Cc4ccccc4-c4ccc(Cl)c(Cl)c4)CC3)cc2)ccc1N[C@H](CCN1CCOCC1)CSc1ccccc1. The van der Waals surface area contributed by atoms with E-state index in [0.717, 1.165) is 106 Å². The highest BCUT2D eigenvalue weighted by Crippen LogP contribution is 2.32. The number of nitrogens with one attached hydrogen (secondary N) is 2. The number of anilines is 2. The molecule has 1 atom stereocenters. The van der Waals surface area contributed by atoms with E-state index in [1.54, 1.807) is 42.1 Å². The Morgan fingerprint density at radius 1 is 0.793 bits per heavy atom. The second-order valence-electron chi connectivity index (χ2n) is 14.7. The van der Waals surface area contributed by atoms with Gasteiger partial charge in [-0.2, -0.15) is 0 Å². The van der Waals surface area contributed by atoms with Crippen LogP contribution in [0, 0.1) is 6.92 Å². The summed E-state index contributed by atoms with van der Waals surface area (Å²) in [7, 11) is -4.11. The highest BCUT2D eigenvalue weighted by molar-refractivity contribution is 7.99. The number of piperazine rings is 1. The van der Waals surface area contributed by atoms with Crippen molar-refractivity contribution in [2.45, 2.75) is 35.7 Å². The summed E-state index contributed by atoms with van der Waals surface area (Å²) in [5, 5.41) is 4.76. The van der Waals surface area contributed by atoms with Crippen LogP contribution < -0.4 is 14.9 Å². The quantitative estimate of drug-likeness (QED) is 0.100. The Bertz CT molecular complexity index is 2270. The number of rotatable bonds is 15. The zero-order chi connectivity index (χ0) is 40.5. The van der Waals surface area contributed by atoms with Crippen LogP contribution in [0.15, 0.2) is 125 Å². The lowest BCUT2D eigenvalue weighted by Gasteiger charge is -2.36. The molecule has 0 radical (unpaired) electrons. The summed E-state index contributed by atoms with van der Waals surface area (Å²) < 4.78 is 34.7. The minimum atomic E-state index is -4.11. The molecule has 0 aliphatic carbocycles. The minimum absolute atomic E-state index is 0.0431. The Morgan fingerprint density at radius 2 is 1.52 bits per heavy atom. The van der Waals surface area contributed by atoms with Gasteiger partial charge in [-0.3, -0.25) is 14.6 Å². The molecule has 2 saturated heterocycles. The van der Waals surface area contributed by atoms with Gasteiger partial charge in [-0.1, -0.05) is 71.7 Å². The molecule has 1 amide bonds. The van der Waals surface area contributed by atoms with Crippen LogP contribution in [0.1, 0.15) is 27.9 Å². The number of amides is 1. The molecule has 5 aromatic carbocycles. The van der Waals surface area contributed by atoms with E-state index in [9.17, 15) is 13.2 Å². The first-order chi connectivity index (χ1) is 28.1. The zero-order valence-corrected chi connectivity index (χ0v) is 35.7. The second-order valence-corrected chi connectivity index (χ2v) is 18.3. The van der Waals surface area contributed by atoms with Gasteiger partial charge in [-0.25, -0.2) is 13.1 Å². The van der Waals surface area contributed by atoms with E-state index < -0.39 is 15.9 Å². The molecule has 0 saturated carbocycles. The molecule has 2 heterocycles. The predicted molar refractivity (Wildman–Crippen MR) is 238 cm³/mol.